The lowest BCUT2D eigenvalue weighted by Gasteiger charge is -2.33. The second-order valence-electron chi connectivity index (χ2n) is 6.69. The zero-order valence-corrected chi connectivity index (χ0v) is 19.3. The lowest BCUT2D eigenvalue weighted by molar-refractivity contribution is 0.190. The van der Waals surface area contributed by atoms with Gasteiger partial charge in [-0.05, 0) is 18.1 Å². The van der Waals surface area contributed by atoms with Gasteiger partial charge in [0.1, 0.15) is 0 Å². The van der Waals surface area contributed by atoms with E-state index in [2.05, 4.69) is 57.7 Å². The molecule has 7 nitrogen and oxygen atoms in total. The summed E-state index contributed by atoms with van der Waals surface area (Å²) < 4.78 is 1.97. The summed E-state index contributed by atoms with van der Waals surface area (Å²) in [5.74, 6) is 2.07. The maximum Gasteiger partial charge on any atom is 0.191 e. The number of pyridine rings is 1. The van der Waals surface area contributed by atoms with Gasteiger partial charge < -0.3 is 10.6 Å². The number of rotatable bonds is 10. The van der Waals surface area contributed by atoms with Crippen molar-refractivity contribution in [2.24, 2.45) is 10.9 Å². The Morgan fingerprint density at radius 1 is 1.21 bits per heavy atom. The molecule has 1 unspecified atom stereocenters. The Balaban J connectivity index is 0.00000392. The molecule has 1 atom stereocenters. The van der Waals surface area contributed by atoms with E-state index in [9.17, 15) is 0 Å². The Morgan fingerprint density at radius 3 is 2.54 bits per heavy atom. The normalized spacial score (nSPS) is 12.7. The third kappa shape index (κ3) is 6.59. The van der Waals surface area contributed by atoms with E-state index in [1.165, 1.54) is 0 Å². The summed E-state index contributed by atoms with van der Waals surface area (Å²) in [4.78, 5) is 6.69. The van der Waals surface area contributed by atoms with Gasteiger partial charge in [0.25, 0.3) is 0 Å². The molecular formula is C20H32IN7. The van der Waals surface area contributed by atoms with E-state index in [0.717, 1.165) is 37.1 Å². The number of fused-ring (bicyclic) bond motifs is 1. The zero-order chi connectivity index (χ0) is 19.6. The molecular weight excluding hydrogens is 465 g/mol. The zero-order valence-electron chi connectivity index (χ0n) is 17.0. The van der Waals surface area contributed by atoms with Crippen molar-refractivity contribution in [3.05, 3.63) is 55.5 Å². The predicted octanol–water partition coefficient (Wildman–Crippen LogP) is 2.71. The highest BCUT2D eigenvalue weighted by atomic mass is 127. The van der Waals surface area contributed by atoms with E-state index >= 15 is 0 Å². The number of aromatic nitrogens is 3. The fourth-order valence-corrected chi connectivity index (χ4v) is 3.06. The molecule has 0 saturated heterocycles. The van der Waals surface area contributed by atoms with Crippen molar-refractivity contribution in [1.29, 1.82) is 0 Å². The van der Waals surface area contributed by atoms with Gasteiger partial charge in [0.15, 0.2) is 17.4 Å². The van der Waals surface area contributed by atoms with Gasteiger partial charge >= 0.3 is 0 Å². The van der Waals surface area contributed by atoms with Crippen molar-refractivity contribution < 1.29 is 0 Å². The molecule has 0 saturated carbocycles. The van der Waals surface area contributed by atoms with Crippen molar-refractivity contribution in [2.75, 3.05) is 26.7 Å². The molecule has 8 heteroatoms. The van der Waals surface area contributed by atoms with Crippen molar-refractivity contribution in [2.45, 2.75) is 26.4 Å². The minimum absolute atomic E-state index is 0. The number of aliphatic imine (C=N–C) groups is 1. The summed E-state index contributed by atoms with van der Waals surface area (Å²) in [5, 5.41) is 15.2. The number of hydrogen-bond acceptors (Lipinski definition) is 4. The summed E-state index contributed by atoms with van der Waals surface area (Å²) in [6.07, 6.45) is 5.82. The monoisotopic (exact) mass is 497 g/mol. The van der Waals surface area contributed by atoms with Gasteiger partial charge in [-0.2, -0.15) is 0 Å². The SMILES string of the molecule is C=CCN(CC=C)C(CNC(=NC)NCc1nnc2ccccn12)C(C)C.I. The maximum atomic E-state index is 4.33. The van der Waals surface area contributed by atoms with Crippen LogP contribution in [0.25, 0.3) is 5.65 Å². The molecule has 2 heterocycles. The second kappa shape index (κ2) is 12.5. The summed E-state index contributed by atoms with van der Waals surface area (Å²) in [6, 6.07) is 6.19. The molecule has 154 valence electrons. The van der Waals surface area contributed by atoms with E-state index in [1.807, 2.05) is 40.9 Å². The molecule has 0 spiro atoms. The number of guanidine groups is 1. The number of nitrogens with one attached hydrogen (secondary N) is 2. The molecule has 0 aliphatic carbocycles. The first-order valence-corrected chi connectivity index (χ1v) is 9.29. The standard InChI is InChI=1S/C20H31N7.HI/c1-6-11-26(12-7-2)17(16(3)4)14-22-20(21-5)23-15-19-25-24-18-10-8-9-13-27(18)19;/h6-10,13,16-17H,1-2,11-12,14-15H2,3-5H3,(H2,21,22,23);1H. The van der Waals surface area contributed by atoms with Crippen molar-refractivity contribution in [3.63, 3.8) is 0 Å². The van der Waals surface area contributed by atoms with Crippen LogP contribution in [-0.2, 0) is 6.54 Å². The van der Waals surface area contributed by atoms with Crippen LogP contribution in [0.2, 0.25) is 0 Å². The highest BCUT2D eigenvalue weighted by molar-refractivity contribution is 14.0. The molecule has 0 radical (unpaired) electrons. The molecule has 0 bridgehead atoms. The molecule has 2 rings (SSSR count). The Morgan fingerprint density at radius 2 is 1.93 bits per heavy atom. The quantitative estimate of drug-likeness (QED) is 0.229. The van der Waals surface area contributed by atoms with Crippen molar-refractivity contribution in [1.82, 2.24) is 30.1 Å². The van der Waals surface area contributed by atoms with Crippen LogP contribution in [0.15, 0.2) is 54.7 Å². The molecule has 0 fully saturated rings. The van der Waals surface area contributed by atoms with Gasteiger partial charge in [0.05, 0.1) is 6.54 Å². The highest BCUT2D eigenvalue weighted by Crippen LogP contribution is 2.10. The fraction of sp³-hybridized carbons (Fsp3) is 0.450. The van der Waals surface area contributed by atoms with Gasteiger partial charge in [0.2, 0.25) is 0 Å². The first-order chi connectivity index (χ1) is 13.1. The lowest BCUT2D eigenvalue weighted by atomic mass is 10.0. The predicted molar refractivity (Wildman–Crippen MR) is 127 cm³/mol. The average Bonchev–Trinajstić information content (AvgIpc) is 3.07. The highest BCUT2D eigenvalue weighted by Gasteiger charge is 2.20. The largest absolute Gasteiger partial charge is 0.355 e. The Bertz CT molecular complexity index is 759. The summed E-state index contributed by atoms with van der Waals surface area (Å²) in [7, 11) is 1.77. The number of nitrogens with zero attached hydrogens (tertiary/aromatic N) is 5. The van der Waals surface area contributed by atoms with E-state index in [0.29, 0.717) is 18.5 Å². The maximum absolute atomic E-state index is 4.33. The first-order valence-electron chi connectivity index (χ1n) is 9.29. The van der Waals surface area contributed by atoms with Crippen LogP contribution >= 0.6 is 24.0 Å². The lowest BCUT2D eigenvalue weighted by Crippen LogP contribution is -2.49. The molecule has 0 aromatic carbocycles. The first kappa shape index (κ1) is 24.1. The van der Waals surface area contributed by atoms with Crippen LogP contribution in [0, 0.1) is 5.92 Å². The molecule has 0 aliphatic heterocycles. The van der Waals surface area contributed by atoms with E-state index < -0.39 is 0 Å². The minimum Gasteiger partial charge on any atom is -0.355 e. The van der Waals surface area contributed by atoms with E-state index in [1.54, 1.807) is 7.05 Å². The molecule has 0 aliphatic rings. The summed E-state index contributed by atoms with van der Waals surface area (Å²) in [5.41, 5.74) is 0.835. The van der Waals surface area contributed by atoms with Gasteiger partial charge in [-0.15, -0.1) is 47.3 Å². The van der Waals surface area contributed by atoms with Crippen molar-refractivity contribution in [3.8, 4) is 0 Å². The van der Waals surface area contributed by atoms with E-state index in [4.69, 9.17) is 0 Å². The van der Waals surface area contributed by atoms with Gasteiger partial charge in [-0.1, -0.05) is 32.1 Å². The molecule has 2 aromatic heterocycles. The van der Waals surface area contributed by atoms with Gasteiger partial charge in [-0.3, -0.25) is 14.3 Å². The molecule has 2 aromatic rings. The number of hydrogen-bond donors (Lipinski definition) is 2. The van der Waals surface area contributed by atoms with Crippen LogP contribution < -0.4 is 10.6 Å². The molecule has 28 heavy (non-hydrogen) atoms. The average molecular weight is 497 g/mol. The molecule has 0 amide bonds. The van der Waals surface area contributed by atoms with Crippen LogP contribution in [0.4, 0.5) is 0 Å². The third-order valence-electron chi connectivity index (χ3n) is 4.47. The van der Waals surface area contributed by atoms with E-state index in [-0.39, 0.29) is 24.0 Å². The summed E-state index contributed by atoms with van der Waals surface area (Å²) >= 11 is 0. The summed E-state index contributed by atoms with van der Waals surface area (Å²) in [6.45, 7) is 15.2. The Labute approximate surface area is 185 Å². The minimum atomic E-state index is 0. The van der Waals surface area contributed by atoms with Crippen LogP contribution in [0.3, 0.4) is 0 Å². The third-order valence-corrected chi connectivity index (χ3v) is 4.47. The Kier molecular flexibility index (Phi) is 10.8. The fourth-order valence-electron chi connectivity index (χ4n) is 3.06. The van der Waals surface area contributed by atoms with Crippen LogP contribution in [-0.4, -0.2) is 58.2 Å². The molecule has 2 N–H and O–H groups in total. The topological polar surface area (TPSA) is 69.8 Å². The smallest absolute Gasteiger partial charge is 0.191 e. The van der Waals surface area contributed by atoms with Crippen LogP contribution in [0.1, 0.15) is 19.7 Å². The van der Waals surface area contributed by atoms with Crippen molar-refractivity contribution >= 4 is 35.6 Å². The Hall–Kier alpha value is -1.94. The van der Waals surface area contributed by atoms with Gasteiger partial charge in [-0.25, -0.2) is 0 Å². The van der Waals surface area contributed by atoms with Gasteiger partial charge in [0, 0.05) is 38.9 Å². The number of halogens is 1. The second-order valence-corrected chi connectivity index (χ2v) is 6.69. The van der Waals surface area contributed by atoms with Crippen LogP contribution in [0.5, 0.6) is 0 Å².